The molecule has 2 N–H and O–H groups in total. The Balaban J connectivity index is 1.17. The van der Waals surface area contributed by atoms with E-state index in [9.17, 15) is 4.39 Å². The van der Waals surface area contributed by atoms with E-state index in [1.807, 2.05) is 35.4 Å². The van der Waals surface area contributed by atoms with Crippen LogP contribution < -0.4 is 15.5 Å². The highest BCUT2D eigenvalue weighted by atomic mass is 19.1. The van der Waals surface area contributed by atoms with Gasteiger partial charge in [0.1, 0.15) is 17.7 Å². The molecule has 9 nitrogen and oxygen atoms in total. The largest absolute Gasteiger partial charge is 0.357 e. The van der Waals surface area contributed by atoms with E-state index < -0.39 is 5.54 Å². The minimum Gasteiger partial charge on any atom is -0.357 e. The van der Waals surface area contributed by atoms with Gasteiger partial charge >= 0.3 is 0 Å². The highest BCUT2D eigenvalue weighted by molar-refractivity contribution is 5.77. The summed E-state index contributed by atoms with van der Waals surface area (Å²) in [4.78, 5) is 18.3. The third-order valence-electron chi connectivity index (χ3n) is 7.09. The van der Waals surface area contributed by atoms with E-state index in [4.69, 9.17) is 5.73 Å². The fourth-order valence-electron chi connectivity index (χ4n) is 4.83. The number of anilines is 2. The van der Waals surface area contributed by atoms with Crippen LogP contribution in [0.5, 0.6) is 0 Å². The van der Waals surface area contributed by atoms with Gasteiger partial charge in [-0.25, -0.2) is 23.9 Å². The number of rotatable bonds is 5. The Labute approximate surface area is 214 Å². The maximum absolute atomic E-state index is 13.3. The average molecular weight is 498 g/mol. The van der Waals surface area contributed by atoms with E-state index in [1.165, 1.54) is 12.1 Å². The zero-order valence-corrected chi connectivity index (χ0v) is 20.8. The van der Waals surface area contributed by atoms with Gasteiger partial charge in [0.25, 0.3) is 0 Å². The molecule has 1 aliphatic heterocycles. The molecule has 4 aromatic heterocycles. The molecule has 6 rings (SSSR count). The van der Waals surface area contributed by atoms with E-state index in [0.717, 1.165) is 59.8 Å². The van der Waals surface area contributed by atoms with Crippen molar-refractivity contribution in [3.05, 3.63) is 90.7 Å². The van der Waals surface area contributed by atoms with Crippen molar-refractivity contribution in [2.45, 2.75) is 12.5 Å². The van der Waals surface area contributed by atoms with Crippen LogP contribution in [0.25, 0.3) is 16.6 Å². The smallest absolute Gasteiger partial charge is 0.225 e. The van der Waals surface area contributed by atoms with Gasteiger partial charge in [0.2, 0.25) is 5.95 Å². The molecule has 0 radical (unpaired) electrons. The molecular weight excluding hydrogens is 469 g/mol. The summed E-state index contributed by atoms with van der Waals surface area (Å²) in [7, 11) is 2.02. The zero-order chi connectivity index (χ0) is 25.6. The van der Waals surface area contributed by atoms with E-state index >= 15 is 0 Å². The molecule has 0 bridgehead atoms. The van der Waals surface area contributed by atoms with Gasteiger partial charge in [0.15, 0.2) is 5.82 Å². The zero-order valence-electron chi connectivity index (χ0n) is 20.8. The first kappa shape index (κ1) is 23.1. The fourth-order valence-corrected chi connectivity index (χ4v) is 4.83. The minimum absolute atomic E-state index is 0.290. The number of aryl methyl sites for hydroxylation is 1. The van der Waals surface area contributed by atoms with Crippen LogP contribution in [0.4, 0.5) is 16.2 Å². The highest BCUT2D eigenvalue weighted by Gasteiger charge is 2.26. The van der Waals surface area contributed by atoms with Gasteiger partial charge in [-0.3, -0.25) is 0 Å². The molecule has 1 aromatic carbocycles. The Kier molecular flexibility index (Phi) is 5.60. The summed E-state index contributed by atoms with van der Waals surface area (Å²) in [5.74, 6) is 1.30. The lowest BCUT2D eigenvalue weighted by Crippen LogP contribution is -2.47. The Morgan fingerprint density at radius 1 is 0.865 bits per heavy atom. The van der Waals surface area contributed by atoms with Crippen LogP contribution in [-0.4, -0.2) is 55.3 Å². The lowest BCUT2D eigenvalue weighted by atomic mass is 9.87. The Morgan fingerprint density at radius 3 is 2.24 bits per heavy atom. The van der Waals surface area contributed by atoms with Crippen molar-refractivity contribution in [1.82, 2.24) is 29.1 Å². The predicted octanol–water partition coefficient (Wildman–Crippen LogP) is 3.21. The number of benzene rings is 1. The van der Waals surface area contributed by atoms with Crippen LogP contribution in [0.3, 0.4) is 0 Å². The van der Waals surface area contributed by atoms with Crippen LogP contribution >= 0.6 is 0 Å². The number of nitrogens with zero attached hydrogens (tertiary/aromatic N) is 8. The number of hydrogen-bond acceptors (Lipinski definition) is 7. The summed E-state index contributed by atoms with van der Waals surface area (Å²) in [6.45, 7) is 4.98. The third-order valence-corrected chi connectivity index (χ3v) is 7.09. The van der Waals surface area contributed by atoms with Crippen molar-refractivity contribution >= 4 is 17.3 Å². The molecule has 188 valence electrons. The third kappa shape index (κ3) is 4.29. The molecule has 5 aromatic rings. The van der Waals surface area contributed by atoms with E-state index in [0.29, 0.717) is 5.95 Å². The van der Waals surface area contributed by atoms with Crippen LogP contribution in [0.1, 0.15) is 18.1 Å². The molecule has 1 aliphatic rings. The SMILES string of the molecule is Cn1ccc(-c2cc3c(N4CCN(c5ncc([C@@](C)(N)c6ccc(F)cc6)cn5)CC4)ncnn3c2)c1. The van der Waals surface area contributed by atoms with Gasteiger partial charge in [-0.05, 0) is 36.8 Å². The molecule has 1 saturated heterocycles. The molecule has 0 aliphatic carbocycles. The summed E-state index contributed by atoms with van der Waals surface area (Å²) in [5.41, 5.74) is 10.6. The van der Waals surface area contributed by atoms with E-state index in [2.05, 4.69) is 48.2 Å². The molecule has 1 fully saturated rings. The second kappa shape index (κ2) is 8.97. The predicted molar refractivity (Wildman–Crippen MR) is 141 cm³/mol. The standard InChI is InChI=1S/C27H28FN9/c1-27(29,21-3-5-23(28)6-4-21)22-14-30-26(31-15-22)36-11-9-35(10-12-36)25-24-13-20(17-37(24)33-18-32-25)19-7-8-34(2)16-19/h3-8,13-18H,9-12,29H2,1-2H3/t27-/m0/s1. The Hall–Kier alpha value is -4.31. The Bertz CT molecular complexity index is 1530. The molecule has 0 unspecified atom stereocenters. The summed E-state index contributed by atoms with van der Waals surface area (Å²) < 4.78 is 17.3. The minimum atomic E-state index is -0.820. The van der Waals surface area contributed by atoms with E-state index in [-0.39, 0.29) is 5.82 Å². The number of piperazine rings is 1. The number of aromatic nitrogens is 6. The fraction of sp³-hybridized carbons (Fsp3) is 0.259. The normalized spacial score (nSPS) is 15.8. The lowest BCUT2D eigenvalue weighted by molar-refractivity contribution is 0.585. The van der Waals surface area contributed by atoms with Gasteiger partial charge in [-0.1, -0.05) is 12.1 Å². The van der Waals surface area contributed by atoms with Crippen molar-refractivity contribution in [2.24, 2.45) is 12.8 Å². The first-order valence-corrected chi connectivity index (χ1v) is 12.2. The molecule has 5 heterocycles. The van der Waals surface area contributed by atoms with Crippen molar-refractivity contribution in [1.29, 1.82) is 0 Å². The first-order valence-electron chi connectivity index (χ1n) is 12.2. The van der Waals surface area contributed by atoms with Gasteiger partial charge < -0.3 is 20.1 Å². The first-order chi connectivity index (χ1) is 17.9. The van der Waals surface area contributed by atoms with Crippen molar-refractivity contribution < 1.29 is 4.39 Å². The number of nitrogens with two attached hydrogens (primary N) is 1. The van der Waals surface area contributed by atoms with Crippen LogP contribution in [0.15, 0.2) is 73.7 Å². The van der Waals surface area contributed by atoms with Gasteiger partial charge in [0, 0.05) is 80.9 Å². The summed E-state index contributed by atoms with van der Waals surface area (Å²) >= 11 is 0. The van der Waals surface area contributed by atoms with Crippen molar-refractivity contribution in [2.75, 3.05) is 36.0 Å². The summed E-state index contributed by atoms with van der Waals surface area (Å²) in [6.07, 6.45) is 11.3. The van der Waals surface area contributed by atoms with Gasteiger partial charge in [-0.2, -0.15) is 5.10 Å². The summed E-state index contributed by atoms with van der Waals surface area (Å²) in [6, 6.07) is 10.5. The topological polar surface area (TPSA) is 93.4 Å². The maximum atomic E-state index is 13.3. The van der Waals surface area contributed by atoms with Gasteiger partial charge in [0.05, 0.1) is 5.54 Å². The second-order valence-corrected chi connectivity index (χ2v) is 9.66. The second-order valence-electron chi connectivity index (χ2n) is 9.66. The van der Waals surface area contributed by atoms with Crippen molar-refractivity contribution in [3.63, 3.8) is 0 Å². The number of hydrogen-bond donors (Lipinski definition) is 1. The monoisotopic (exact) mass is 497 g/mol. The maximum Gasteiger partial charge on any atom is 0.225 e. The molecule has 1 atom stereocenters. The van der Waals surface area contributed by atoms with Crippen molar-refractivity contribution in [3.8, 4) is 11.1 Å². The molecular formula is C27H28FN9. The Morgan fingerprint density at radius 2 is 1.57 bits per heavy atom. The van der Waals surface area contributed by atoms with Crippen LogP contribution in [0, 0.1) is 5.82 Å². The molecule has 0 amide bonds. The molecule has 37 heavy (non-hydrogen) atoms. The molecule has 0 spiro atoms. The van der Waals surface area contributed by atoms with Crippen LogP contribution in [0.2, 0.25) is 0 Å². The lowest BCUT2D eigenvalue weighted by Gasteiger charge is -2.35. The van der Waals surface area contributed by atoms with Crippen LogP contribution in [-0.2, 0) is 12.6 Å². The highest BCUT2D eigenvalue weighted by Crippen LogP contribution is 2.29. The number of halogens is 1. The molecule has 10 heteroatoms. The quantitative estimate of drug-likeness (QED) is 0.399. The average Bonchev–Trinajstić information content (AvgIpc) is 3.55. The number of fused-ring (bicyclic) bond motifs is 1. The molecule has 0 saturated carbocycles. The van der Waals surface area contributed by atoms with E-state index in [1.54, 1.807) is 30.9 Å². The van der Waals surface area contributed by atoms with Gasteiger partial charge in [-0.15, -0.1) is 0 Å². The summed E-state index contributed by atoms with van der Waals surface area (Å²) in [5, 5.41) is 4.42.